The number of anilines is 1. The van der Waals surface area contributed by atoms with Gasteiger partial charge in [0.2, 0.25) is 17.6 Å². The zero-order valence-electron chi connectivity index (χ0n) is 28.9. The number of halogens is 1. The fourth-order valence-electron chi connectivity index (χ4n) is 7.09. The second-order valence-electron chi connectivity index (χ2n) is 13.8. The average Bonchev–Trinajstić information content (AvgIpc) is 3.68. The molecule has 1 heterocycles. The summed E-state index contributed by atoms with van der Waals surface area (Å²) >= 11 is 0. The molecule has 0 radical (unpaired) electrons. The van der Waals surface area contributed by atoms with E-state index in [9.17, 15) is 14.4 Å². The third-order valence-corrected chi connectivity index (χ3v) is 10.2. The third kappa shape index (κ3) is 9.78. The zero-order chi connectivity index (χ0) is 35.0. The number of H-pyrrole nitrogens is 1. The van der Waals surface area contributed by atoms with Gasteiger partial charge in [0.25, 0.3) is 5.91 Å². The van der Waals surface area contributed by atoms with Crippen molar-refractivity contribution in [2.45, 2.75) is 82.8 Å². The minimum atomic E-state index is -0.781. The van der Waals surface area contributed by atoms with Crippen molar-refractivity contribution in [2.75, 3.05) is 11.9 Å². The number of aryl methyl sites for hydroxylation is 1. The van der Waals surface area contributed by atoms with E-state index >= 15 is 0 Å². The first-order valence-corrected chi connectivity index (χ1v) is 17.7. The van der Waals surface area contributed by atoms with Gasteiger partial charge in [-0.05, 0) is 135 Å². The quantitative estimate of drug-likeness (QED) is 0.129. The van der Waals surface area contributed by atoms with Crippen molar-refractivity contribution in [3.05, 3.63) is 83.4 Å². The molecule has 0 bridgehead atoms. The van der Waals surface area contributed by atoms with Crippen LogP contribution in [0.1, 0.15) is 72.9 Å². The SMILES string of the molecule is Cc1cc(C(=O)NC2CCC(N)CC2)ccc1-c1ccc(C[C@H](NC(=O)C2CCC(CN)CC2)C(=O)Nc2ccc(-c3nn[nH]n3)cc2)cc1.Cl. The fourth-order valence-corrected chi connectivity index (χ4v) is 7.09. The molecule has 12 nitrogen and oxygen atoms in total. The van der Waals surface area contributed by atoms with Crippen LogP contribution in [0.2, 0.25) is 0 Å². The molecule has 0 unspecified atom stereocenters. The summed E-state index contributed by atoms with van der Waals surface area (Å²) < 4.78 is 0. The molecule has 0 saturated heterocycles. The third-order valence-electron chi connectivity index (χ3n) is 10.2. The summed E-state index contributed by atoms with van der Waals surface area (Å²) in [4.78, 5) is 40.1. The van der Waals surface area contributed by atoms with Crippen molar-refractivity contribution in [3.8, 4) is 22.5 Å². The van der Waals surface area contributed by atoms with Crippen LogP contribution in [0.4, 0.5) is 5.69 Å². The van der Waals surface area contributed by atoms with Gasteiger partial charge in [0.1, 0.15) is 6.04 Å². The van der Waals surface area contributed by atoms with Gasteiger partial charge in [0.05, 0.1) is 0 Å². The van der Waals surface area contributed by atoms with E-state index in [4.69, 9.17) is 11.5 Å². The van der Waals surface area contributed by atoms with Gasteiger partial charge in [0, 0.05) is 41.2 Å². The van der Waals surface area contributed by atoms with Crippen molar-refractivity contribution < 1.29 is 14.4 Å². The van der Waals surface area contributed by atoms with E-state index in [-0.39, 0.29) is 48.1 Å². The number of nitrogens with one attached hydrogen (secondary N) is 4. The Morgan fingerprint density at radius 2 is 1.57 bits per heavy atom. The van der Waals surface area contributed by atoms with Gasteiger partial charge in [-0.1, -0.05) is 30.3 Å². The average molecular weight is 714 g/mol. The summed E-state index contributed by atoms with van der Waals surface area (Å²) in [5.41, 5.74) is 17.8. The van der Waals surface area contributed by atoms with Crippen LogP contribution in [0.25, 0.3) is 22.5 Å². The van der Waals surface area contributed by atoms with E-state index in [1.807, 2.05) is 49.4 Å². The van der Waals surface area contributed by atoms with E-state index in [0.29, 0.717) is 36.0 Å². The molecular weight excluding hydrogens is 666 g/mol. The monoisotopic (exact) mass is 713 g/mol. The summed E-state index contributed by atoms with van der Waals surface area (Å²) in [5, 5.41) is 23.2. The largest absolute Gasteiger partial charge is 0.349 e. The molecule has 270 valence electrons. The molecule has 0 aliphatic heterocycles. The van der Waals surface area contributed by atoms with Crippen LogP contribution in [0.3, 0.4) is 0 Å². The van der Waals surface area contributed by atoms with E-state index in [1.54, 1.807) is 24.3 Å². The maximum atomic E-state index is 13.7. The summed E-state index contributed by atoms with van der Waals surface area (Å²) in [5.74, 6) is 0.308. The van der Waals surface area contributed by atoms with Crippen molar-refractivity contribution >= 4 is 35.8 Å². The van der Waals surface area contributed by atoms with Crippen LogP contribution in [0.5, 0.6) is 0 Å². The lowest BCUT2D eigenvalue weighted by Crippen LogP contribution is -2.48. The highest BCUT2D eigenvalue weighted by atomic mass is 35.5. The molecule has 6 rings (SSSR count). The topological polar surface area (TPSA) is 194 Å². The number of hydrogen-bond donors (Lipinski definition) is 6. The summed E-state index contributed by atoms with van der Waals surface area (Å²) in [7, 11) is 0. The summed E-state index contributed by atoms with van der Waals surface area (Å²) in [6.07, 6.45) is 7.38. The molecule has 3 aromatic carbocycles. The first kappa shape index (κ1) is 37.6. The Labute approximate surface area is 304 Å². The standard InChI is InChI=1S/C38H47N9O3.ClH/c1-23-20-29(37(49)41-32-17-13-30(40)14-18-32)12-19-33(23)26-6-2-24(3-7-26)21-34(43-36(48)28-8-4-25(22-39)5-9-28)38(50)42-31-15-10-27(11-16-31)35-44-46-47-45-35;/h2-3,6-7,10-12,15-16,19-20,25,28,30,32,34H,4-5,8-9,13-14,17-18,21-22,39-40H2,1H3,(H,41,49)(H,42,50)(H,43,48)(H,44,45,46,47);1H/t25?,28?,30?,32?,34-;/m0./s1. The Morgan fingerprint density at radius 3 is 2.20 bits per heavy atom. The number of amides is 3. The molecule has 4 aromatic rings. The number of rotatable bonds is 11. The van der Waals surface area contributed by atoms with Crippen LogP contribution >= 0.6 is 12.4 Å². The second-order valence-corrected chi connectivity index (χ2v) is 13.8. The highest BCUT2D eigenvalue weighted by molar-refractivity contribution is 5.98. The minimum absolute atomic E-state index is 0. The Hall–Kier alpha value is -4.65. The normalized spacial score (nSPS) is 20.8. The molecule has 1 aromatic heterocycles. The van der Waals surface area contributed by atoms with E-state index in [2.05, 4.69) is 36.6 Å². The highest BCUT2D eigenvalue weighted by Crippen LogP contribution is 2.29. The number of tetrazole rings is 1. The van der Waals surface area contributed by atoms with Crippen molar-refractivity contribution in [2.24, 2.45) is 23.3 Å². The lowest BCUT2D eigenvalue weighted by atomic mass is 9.81. The zero-order valence-corrected chi connectivity index (χ0v) is 29.8. The number of aromatic nitrogens is 4. The first-order chi connectivity index (χ1) is 24.2. The molecule has 1 atom stereocenters. The molecule has 2 fully saturated rings. The number of benzene rings is 3. The number of nitrogens with zero attached hydrogens (tertiary/aromatic N) is 3. The predicted molar refractivity (Wildman–Crippen MR) is 200 cm³/mol. The predicted octanol–water partition coefficient (Wildman–Crippen LogP) is 4.69. The maximum Gasteiger partial charge on any atom is 0.251 e. The number of carbonyl (C=O) groups is 3. The van der Waals surface area contributed by atoms with Gasteiger partial charge in [-0.3, -0.25) is 14.4 Å². The lowest BCUT2D eigenvalue weighted by Gasteiger charge is -2.28. The fraction of sp³-hybridized carbons (Fsp3) is 0.421. The molecule has 8 N–H and O–H groups in total. The molecule has 2 aliphatic rings. The van der Waals surface area contributed by atoms with Gasteiger partial charge < -0.3 is 27.4 Å². The van der Waals surface area contributed by atoms with Crippen molar-refractivity contribution in [3.63, 3.8) is 0 Å². The van der Waals surface area contributed by atoms with E-state index in [0.717, 1.165) is 79.2 Å². The minimum Gasteiger partial charge on any atom is -0.349 e. The van der Waals surface area contributed by atoms with E-state index < -0.39 is 6.04 Å². The van der Waals surface area contributed by atoms with Crippen LogP contribution < -0.4 is 27.4 Å². The van der Waals surface area contributed by atoms with Gasteiger partial charge in [-0.25, -0.2) is 0 Å². The van der Waals surface area contributed by atoms with Crippen LogP contribution in [0, 0.1) is 18.8 Å². The Kier molecular flexibility index (Phi) is 12.9. The van der Waals surface area contributed by atoms with E-state index in [1.165, 1.54) is 0 Å². The molecule has 51 heavy (non-hydrogen) atoms. The number of aromatic amines is 1. The Balaban J connectivity index is 0.00000504. The molecule has 2 saturated carbocycles. The Morgan fingerprint density at radius 1 is 0.882 bits per heavy atom. The van der Waals surface area contributed by atoms with Gasteiger partial charge in [-0.15, -0.1) is 22.6 Å². The van der Waals surface area contributed by atoms with Crippen LogP contribution in [0.15, 0.2) is 66.7 Å². The molecule has 2 aliphatic carbocycles. The molecule has 13 heteroatoms. The molecule has 0 spiro atoms. The van der Waals surface area contributed by atoms with Crippen LogP contribution in [-0.4, -0.2) is 63.0 Å². The maximum absolute atomic E-state index is 13.7. The smallest absolute Gasteiger partial charge is 0.251 e. The second kappa shape index (κ2) is 17.5. The van der Waals surface area contributed by atoms with Gasteiger partial charge >= 0.3 is 0 Å². The van der Waals surface area contributed by atoms with Crippen molar-refractivity contribution in [1.82, 2.24) is 31.3 Å². The van der Waals surface area contributed by atoms with Gasteiger partial charge in [0.15, 0.2) is 0 Å². The number of hydrogen-bond acceptors (Lipinski definition) is 8. The van der Waals surface area contributed by atoms with Crippen molar-refractivity contribution in [1.29, 1.82) is 0 Å². The van der Waals surface area contributed by atoms with Crippen LogP contribution in [-0.2, 0) is 16.0 Å². The molecule has 3 amide bonds. The lowest BCUT2D eigenvalue weighted by molar-refractivity contribution is -0.130. The summed E-state index contributed by atoms with van der Waals surface area (Å²) in [6.45, 7) is 2.64. The van der Waals surface area contributed by atoms with Gasteiger partial charge in [-0.2, -0.15) is 5.21 Å². The number of carbonyl (C=O) groups excluding carboxylic acids is 3. The highest BCUT2D eigenvalue weighted by Gasteiger charge is 2.29. The summed E-state index contributed by atoms with van der Waals surface area (Å²) in [6, 6.07) is 20.6. The Bertz CT molecular complexity index is 1750. The molecular formula is C38H48ClN9O3. The number of nitrogens with two attached hydrogens (primary N) is 2. The first-order valence-electron chi connectivity index (χ1n) is 17.7.